The third-order valence-electron chi connectivity index (χ3n) is 4.34. The summed E-state index contributed by atoms with van der Waals surface area (Å²) in [5, 5.41) is 0. The van der Waals surface area contributed by atoms with Gasteiger partial charge < -0.3 is 10.6 Å². The molecule has 2 N–H and O–H groups in total. The molecule has 3 nitrogen and oxygen atoms in total. The number of carbonyl (C=O) groups is 1. The maximum absolute atomic E-state index is 13.8. The van der Waals surface area contributed by atoms with Crippen molar-refractivity contribution in [3.63, 3.8) is 0 Å². The standard InChI is InChI=1S/C16H22BrFN2O.ClH/c1-16(19)8-4-3-5-13(16)15(21)20(2)10-11-9-12(17)6-7-14(11)18;/h6-7,9,13H,3-5,8,10,19H2,1-2H3;1H. The number of hydrogen-bond acceptors (Lipinski definition) is 2. The van der Waals surface area contributed by atoms with Gasteiger partial charge in [0.15, 0.2) is 0 Å². The van der Waals surface area contributed by atoms with E-state index in [1.807, 2.05) is 6.92 Å². The minimum atomic E-state index is -0.459. The van der Waals surface area contributed by atoms with E-state index in [0.29, 0.717) is 5.56 Å². The van der Waals surface area contributed by atoms with Gasteiger partial charge in [-0.15, -0.1) is 12.4 Å². The number of hydrogen-bond donors (Lipinski definition) is 1. The van der Waals surface area contributed by atoms with E-state index in [1.54, 1.807) is 24.1 Å². The van der Waals surface area contributed by atoms with E-state index < -0.39 is 5.54 Å². The van der Waals surface area contributed by atoms with Gasteiger partial charge in [-0.25, -0.2) is 4.39 Å². The molecule has 2 atom stereocenters. The molecule has 0 aromatic heterocycles. The molecule has 0 heterocycles. The van der Waals surface area contributed by atoms with Gasteiger partial charge in [-0.05, 0) is 38.0 Å². The molecule has 1 aliphatic rings. The fourth-order valence-electron chi connectivity index (χ4n) is 3.03. The highest BCUT2D eigenvalue weighted by molar-refractivity contribution is 9.10. The van der Waals surface area contributed by atoms with Gasteiger partial charge in [0, 0.05) is 29.2 Å². The van der Waals surface area contributed by atoms with Crippen LogP contribution in [0.1, 0.15) is 38.2 Å². The molecular formula is C16H23BrClFN2O. The van der Waals surface area contributed by atoms with E-state index in [9.17, 15) is 9.18 Å². The van der Waals surface area contributed by atoms with Crippen molar-refractivity contribution in [2.75, 3.05) is 7.05 Å². The predicted octanol–water partition coefficient (Wildman–Crippen LogP) is 3.88. The van der Waals surface area contributed by atoms with Crippen molar-refractivity contribution >= 4 is 34.2 Å². The van der Waals surface area contributed by atoms with Crippen LogP contribution in [0.2, 0.25) is 0 Å². The van der Waals surface area contributed by atoms with E-state index in [1.165, 1.54) is 6.07 Å². The van der Waals surface area contributed by atoms with Crippen LogP contribution in [-0.2, 0) is 11.3 Å². The average molecular weight is 394 g/mol. The zero-order valence-corrected chi connectivity index (χ0v) is 15.3. The lowest BCUT2D eigenvalue weighted by Crippen LogP contribution is -2.53. The third-order valence-corrected chi connectivity index (χ3v) is 4.84. The smallest absolute Gasteiger partial charge is 0.227 e. The van der Waals surface area contributed by atoms with Crippen LogP contribution in [0.4, 0.5) is 4.39 Å². The van der Waals surface area contributed by atoms with Crippen molar-refractivity contribution in [1.29, 1.82) is 0 Å². The maximum atomic E-state index is 13.8. The largest absolute Gasteiger partial charge is 0.341 e. The normalized spacial score (nSPS) is 24.5. The predicted molar refractivity (Wildman–Crippen MR) is 92.4 cm³/mol. The molecule has 0 aliphatic heterocycles. The summed E-state index contributed by atoms with van der Waals surface area (Å²) in [6.45, 7) is 2.21. The number of halogens is 3. The Labute approximate surface area is 146 Å². The molecule has 0 saturated heterocycles. The molecule has 1 saturated carbocycles. The number of nitrogens with two attached hydrogens (primary N) is 1. The van der Waals surface area contributed by atoms with Crippen LogP contribution < -0.4 is 5.73 Å². The molecule has 6 heteroatoms. The van der Waals surface area contributed by atoms with Gasteiger partial charge in [0.05, 0.1) is 5.92 Å². The Morgan fingerprint density at radius 1 is 1.50 bits per heavy atom. The second kappa shape index (κ2) is 7.75. The lowest BCUT2D eigenvalue weighted by molar-refractivity contribution is -0.138. The fraction of sp³-hybridized carbons (Fsp3) is 0.562. The molecule has 124 valence electrons. The minimum absolute atomic E-state index is 0. The number of amides is 1. The number of carbonyl (C=O) groups excluding carboxylic acids is 1. The summed E-state index contributed by atoms with van der Waals surface area (Å²) in [6.07, 6.45) is 3.78. The molecule has 1 aromatic carbocycles. The lowest BCUT2D eigenvalue weighted by atomic mass is 9.74. The summed E-state index contributed by atoms with van der Waals surface area (Å²) in [6, 6.07) is 4.77. The first-order valence-electron chi connectivity index (χ1n) is 7.29. The van der Waals surface area contributed by atoms with E-state index in [0.717, 1.165) is 30.2 Å². The summed E-state index contributed by atoms with van der Waals surface area (Å²) in [7, 11) is 1.72. The van der Waals surface area contributed by atoms with E-state index in [2.05, 4.69) is 15.9 Å². The molecule has 0 radical (unpaired) electrons. The van der Waals surface area contributed by atoms with E-state index >= 15 is 0 Å². The Morgan fingerprint density at radius 3 is 2.82 bits per heavy atom. The highest BCUT2D eigenvalue weighted by atomic mass is 79.9. The Kier molecular flexibility index (Phi) is 6.84. The van der Waals surface area contributed by atoms with Crippen molar-refractivity contribution < 1.29 is 9.18 Å². The van der Waals surface area contributed by atoms with Crippen molar-refractivity contribution in [1.82, 2.24) is 4.90 Å². The molecule has 0 spiro atoms. The molecule has 1 aromatic rings. The highest BCUT2D eigenvalue weighted by Crippen LogP contribution is 2.33. The average Bonchev–Trinajstić information content (AvgIpc) is 2.41. The van der Waals surface area contributed by atoms with Crippen LogP contribution in [0.5, 0.6) is 0 Å². The maximum Gasteiger partial charge on any atom is 0.227 e. The van der Waals surface area contributed by atoms with Crippen molar-refractivity contribution in [3.05, 3.63) is 34.1 Å². The van der Waals surface area contributed by atoms with Gasteiger partial charge in [0.25, 0.3) is 0 Å². The quantitative estimate of drug-likeness (QED) is 0.847. The van der Waals surface area contributed by atoms with Gasteiger partial charge in [-0.1, -0.05) is 28.8 Å². The van der Waals surface area contributed by atoms with Gasteiger partial charge >= 0.3 is 0 Å². The first-order valence-corrected chi connectivity index (χ1v) is 8.08. The minimum Gasteiger partial charge on any atom is -0.341 e. The van der Waals surface area contributed by atoms with Crippen LogP contribution in [0, 0.1) is 11.7 Å². The van der Waals surface area contributed by atoms with Gasteiger partial charge in [0.2, 0.25) is 5.91 Å². The lowest BCUT2D eigenvalue weighted by Gasteiger charge is -2.39. The molecule has 2 unspecified atom stereocenters. The summed E-state index contributed by atoms with van der Waals surface area (Å²) in [5.41, 5.74) is 6.33. The first kappa shape index (κ1) is 19.4. The van der Waals surface area contributed by atoms with Crippen LogP contribution in [-0.4, -0.2) is 23.4 Å². The van der Waals surface area contributed by atoms with Gasteiger partial charge in [-0.2, -0.15) is 0 Å². The van der Waals surface area contributed by atoms with E-state index in [4.69, 9.17) is 5.73 Å². The highest BCUT2D eigenvalue weighted by Gasteiger charge is 2.39. The summed E-state index contributed by atoms with van der Waals surface area (Å²) in [4.78, 5) is 14.2. The second-order valence-electron chi connectivity index (χ2n) is 6.23. The van der Waals surface area contributed by atoms with Gasteiger partial charge in [0.1, 0.15) is 5.82 Å². The van der Waals surface area contributed by atoms with Crippen LogP contribution in [0.15, 0.2) is 22.7 Å². The molecule has 0 bridgehead atoms. The number of nitrogens with zero attached hydrogens (tertiary/aromatic N) is 1. The fourth-order valence-corrected chi connectivity index (χ4v) is 3.44. The zero-order chi connectivity index (χ0) is 15.6. The molecule has 2 rings (SSSR count). The Morgan fingerprint density at radius 2 is 2.18 bits per heavy atom. The van der Waals surface area contributed by atoms with Crippen molar-refractivity contribution in [2.24, 2.45) is 11.7 Å². The van der Waals surface area contributed by atoms with E-state index in [-0.39, 0.29) is 36.6 Å². The van der Waals surface area contributed by atoms with Crippen molar-refractivity contribution in [2.45, 2.75) is 44.7 Å². The molecule has 1 amide bonds. The third kappa shape index (κ3) is 4.43. The number of rotatable bonds is 3. The first-order chi connectivity index (χ1) is 9.81. The molecular weight excluding hydrogens is 371 g/mol. The Balaban J connectivity index is 0.00000242. The zero-order valence-electron chi connectivity index (χ0n) is 12.9. The van der Waals surface area contributed by atoms with Gasteiger partial charge in [-0.3, -0.25) is 4.79 Å². The summed E-state index contributed by atoms with van der Waals surface area (Å²) in [5.74, 6) is -0.456. The van der Waals surface area contributed by atoms with Crippen molar-refractivity contribution in [3.8, 4) is 0 Å². The van der Waals surface area contributed by atoms with Crippen LogP contribution in [0.25, 0.3) is 0 Å². The van der Waals surface area contributed by atoms with Crippen LogP contribution in [0.3, 0.4) is 0 Å². The van der Waals surface area contributed by atoms with Crippen LogP contribution >= 0.6 is 28.3 Å². The monoisotopic (exact) mass is 392 g/mol. The second-order valence-corrected chi connectivity index (χ2v) is 7.15. The summed E-state index contributed by atoms with van der Waals surface area (Å²) >= 11 is 3.33. The molecule has 1 fully saturated rings. The number of benzene rings is 1. The SMILES string of the molecule is CN(Cc1cc(Br)ccc1F)C(=O)C1CCCCC1(C)N.Cl. The summed E-state index contributed by atoms with van der Waals surface area (Å²) < 4.78 is 14.6. The topological polar surface area (TPSA) is 46.3 Å². The Hall–Kier alpha value is -0.650. The Bertz CT molecular complexity index is 539. The molecule has 22 heavy (non-hydrogen) atoms. The molecule has 1 aliphatic carbocycles.